The summed E-state index contributed by atoms with van der Waals surface area (Å²) in [6, 6.07) is 15.3. The highest BCUT2D eigenvalue weighted by molar-refractivity contribution is 5.89. The van der Waals surface area contributed by atoms with Crippen LogP contribution in [0.15, 0.2) is 48.5 Å². The van der Waals surface area contributed by atoms with E-state index in [2.05, 4.69) is 10.3 Å². The topological polar surface area (TPSA) is 67.3 Å². The summed E-state index contributed by atoms with van der Waals surface area (Å²) in [6.45, 7) is 1.59. The fourth-order valence-corrected chi connectivity index (χ4v) is 3.19. The van der Waals surface area contributed by atoms with E-state index in [1.54, 1.807) is 6.07 Å². The Morgan fingerprint density at radius 3 is 2.76 bits per heavy atom. The van der Waals surface area contributed by atoms with Gasteiger partial charge >= 0.3 is 0 Å². The van der Waals surface area contributed by atoms with Crippen molar-refractivity contribution in [3.05, 3.63) is 59.9 Å². The lowest BCUT2D eigenvalue weighted by atomic mass is 10.1. The van der Waals surface area contributed by atoms with Gasteiger partial charge in [-0.25, -0.2) is 9.97 Å². The molecule has 0 spiro atoms. The molecule has 2 aromatic carbocycles. The molecule has 0 amide bonds. The molecular weight excluding hydrogens is 314 g/mol. The molecule has 1 fully saturated rings. The average Bonchev–Trinajstić information content (AvgIpc) is 3.15. The second-order valence-corrected chi connectivity index (χ2v) is 6.33. The van der Waals surface area contributed by atoms with Crippen molar-refractivity contribution in [2.75, 3.05) is 18.5 Å². The Kier molecular flexibility index (Phi) is 4.48. The predicted octanol–water partition coefficient (Wildman–Crippen LogP) is 3.52. The first-order valence-corrected chi connectivity index (χ1v) is 8.67. The molecule has 0 aliphatic carbocycles. The SMILES string of the molecule is Oc1ccccc1Cc1nc(NCC2CCCO2)c2ccccc2n1. The van der Waals surface area contributed by atoms with Crippen LogP contribution in [0.2, 0.25) is 0 Å². The van der Waals surface area contributed by atoms with Crippen molar-refractivity contribution in [2.45, 2.75) is 25.4 Å². The van der Waals surface area contributed by atoms with Crippen molar-refractivity contribution in [1.29, 1.82) is 0 Å². The van der Waals surface area contributed by atoms with Gasteiger partial charge in [0.2, 0.25) is 0 Å². The third-order valence-electron chi connectivity index (χ3n) is 4.51. The second-order valence-electron chi connectivity index (χ2n) is 6.33. The summed E-state index contributed by atoms with van der Waals surface area (Å²) < 4.78 is 5.69. The molecule has 1 unspecified atom stereocenters. The monoisotopic (exact) mass is 335 g/mol. The van der Waals surface area contributed by atoms with E-state index < -0.39 is 0 Å². The number of ether oxygens (including phenoxy) is 1. The summed E-state index contributed by atoms with van der Waals surface area (Å²) in [7, 11) is 0. The van der Waals surface area contributed by atoms with E-state index in [4.69, 9.17) is 9.72 Å². The lowest BCUT2D eigenvalue weighted by molar-refractivity contribution is 0.120. The zero-order valence-corrected chi connectivity index (χ0v) is 14.0. The summed E-state index contributed by atoms with van der Waals surface area (Å²) in [5.41, 5.74) is 1.72. The van der Waals surface area contributed by atoms with Crippen molar-refractivity contribution in [2.24, 2.45) is 0 Å². The number of aromatic hydroxyl groups is 1. The molecule has 1 aromatic heterocycles. The number of rotatable bonds is 5. The maximum Gasteiger partial charge on any atom is 0.137 e. The Bertz CT molecular complexity index is 876. The Morgan fingerprint density at radius 2 is 1.92 bits per heavy atom. The van der Waals surface area contributed by atoms with Gasteiger partial charge in [0.25, 0.3) is 0 Å². The molecule has 2 N–H and O–H groups in total. The average molecular weight is 335 g/mol. The van der Waals surface area contributed by atoms with Gasteiger partial charge in [-0.05, 0) is 31.0 Å². The molecule has 5 heteroatoms. The number of hydrogen-bond donors (Lipinski definition) is 2. The van der Waals surface area contributed by atoms with Crippen LogP contribution in [0.25, 0.3) is 10.9 Å². The van der Waals surface area contributed by atoms with Gasteiger partial charge < -0.3 is 15.2 Å². The van der Waals surface area contributed by atoms with E-state index >= 15 is 0 Å². The van der Waals surface area contributed by atoms with Crippen molar-refractivity contribution in [3.63, 3.8) is 0 Å². The predicted molar refractivity (Wildman–Crippen MR) is 97.9 cm³/mol. The molecule has 1 aliphatic rings. The Hall–Kier alpha value is -2.66. The van der Waals surface area contributed by atoms with Gasteiger partial charge in [0.1, 0.15) is 17.4 Å². The van der Waals surface area contributed by atoms with E-state index in [9.17, 15) is 5.11 Å². The van der Waals surface area contributed by atoms with Crippen molar-refractivity contribution < 1.29 is 9.84 Å². The molecule has 128 valence electrons. The van der Waals surface area contributed by atoms with Gasteiger partial charge in [0.05, 0.1) is 11.6 Å². The molecule has 25 heavy (non-hydrogen) atoms. The van der Waals surface area contributed by atoms with Crippen LogP contribution in [0, 0.1) is 0 Å². The minimum Gasteiger partial charge on any atom is -0.508 e. The van der Waals surface area contributed by atoms with Crippen LogP contribution in [0.4, 0.5) is 5.82 Å². The lowest BCUT2D eigenvalue weighted by Gasteiger charge is -2.14. The van der Waals surface area contributed by atoms with Crippen LogP contribution in [0.3, 0.4) is 0 Å². The standard InChI is InChI=1S/C20H21N3O2/c24-18-10-4-1-6-14(18)12-19-22-17-9-3-2-8-16(17)20(23-19)21-13-15-7-5-11-25-15/h1-4,6,8-10,15,24H,5,7,11-13H2,(H,21,22,23). The molecule has 0 saturated carbocycles. The molecule has 5 nitrogen and oxygen atoms in total. The van der Waals surface area contributed by atoms with Crippen LogP contribution in [0.5, 0.6) is 5.75 Å². The summed E-state index contributed by atoms with van der Waals surface area (Å²) in [4.78, 5) is 9.37. The quantitative estimate of drug-likeness (QED) is 0.747. The van der Waals surface area contributed by atoms with Gasteiger partial charge in [-0.1, -0.05) is 30.3 Å². The second kappa shape index (κ2) is 7.07. The van der Waals surface area contributed by atoms with E-state index in [1.165, 1.54) is 0 Å². The minimum absolute atomic E-state index is 0.246. The number of anilines is 1. The van der Waals surface area contributed by atoms with Crippen LogP contribution in [-0.2, 0) is 11.2 Å². The number of aromatic nitrogens is 2. The summed E-state index contributed by atoms with van der Waals surface area (Å²) in [5, 5.41) is 14.4. The fourth-order valence-electron chi connectivity index (χ4n) is 3.19. The molecule has 1 atom stereocenters. The van der Waals surface area contributed by atoms with Crippen molar-refractivity contribution in [1.82, 2.24) is 9.97 Å². The molecule has 2 heterocycles. The van der Waals surface area contributed by atoms with Crippen molar-refractivity contribution >= 4 is 16.7 Å². The normalized spacial score (nSPS) is 17.0. The number of benzene rings is 2. The zero-order valence-electron chi connectivity index (χ0n) is 14.0. The fraction of sp³-hybridized carbons (Fsp3) is 0.300. The third-order valence-corrected chi connectivity index (χ3v) is 4.51. The molecule has 0 bridgehead atoms. The number of nitrogens with one attached hydrogen (secondary N) is 1. The van der Waals surface area contributed by atoms with Gasteiger partial charge in [0, 0.05) is 30.5 Å². The number of fused-ring (bicyclic) bond motifs is 1. The highest BCUT2D eigenvalue weighted by Crippen LogP contribution is 2.24. The van der Waals surface area contributed by atoms with E-state index in [1.807, 2.05) is 42.5 Å². The van der Waals surface area contributed by atoms with E-state index in [0.29, 0.717) is 12.2 Å². The Morgan fingerprint density at radius 1 is 1.08 bits per heavy atom. The number of phenols is 1. The summed E-state index contributed by atoms with van der Waals surface area (Å²) in [6.07, 6.45) is 2.94. The molecule has 1 saturated heterocycles. The molecule has 4 rings (SSSR count). The smallest absolute Gasteiger partial charge is 0.137 e. The van der Waals surface area contributed by atoms with Crippen molar-refractivity contribution in [3.8, 4) is 5.75 Å². The van der Waals surface area contributed by atoms with Crippen LogP contribution in [-0.4, -0.2) is 34.3 Å². The lowest BCUT2D eigenvalue weighted by Crippen LogP contribution is -2.19. The first-order valence-electron chi connectivity index (χ1n) is 8.67. The number of nitrogens with zero attached hydrogens (tertiary/aromatic N) is 2. The highest BCUT2D eigenvalue weighted by atomic mass is 16.5. The maximum absolute atomic E-state index is 10.0. The first-order chi connectivity index (χ1) is 12.3. The Balaban J connectivity index is 1.64. The third kappa shape index (κ3) is 3.56. The van der Waals surface area contributed by atoms with E-state index in [-0.39, 0.29) is 11.9 Å². The zero-order chi connectivity index (χ0) is 17.1. The maximum atomic E-state index is 10.0. The molecule has 3 aromatic rings. The van der Waals surface area contributed by atoms with Gasteiger partial charge in [-0.15, -0.1) is 0 Å². The number of phenolic OH excluding ortho intramolecular Hbond substituents is 1. The largest absolute Gasteiger partial charge is 0.508 e. The van der Waals surface area contributed by atoms with Crippen LogP contribution >= 0.6 is 0 Å². The number of para-hydroxylation sites is 2. The molecular formula is C20H21N3O2. The molecule has 1 aliphatic heterocycles. The first kappa shape index (κ1) is 15.8. The van der Waals surface area contributed by atoms with Gasteiger partial charge in [-0.2, -0.15) is 0 Å². The highest BCUT2D eigenvalue weighted by Gasteiger charge is 2.16. The number of hydrogen-bond acceptors (Lipinski definition) is 5. The Labute approximate surface area is 146 Å². The van der Waals surface area contributed by atoms with Gasteiger partial charge in [-0.3, -0.25) is 0 Å². The summed E-state index contributed by atoms with van der Waals surface area (Å²) in [5.74, 6) is 1.79. The minimum atomic E-state index is 0.246. The van der Waals surface area contributed by atoms with Crippen LogP contribution in [0.1, 0.15) is 24.2 Å². The van der Waals surface area contributed by atoms with E-state index in [0.717, 1.165) is 48.3 Å². The summed E-state index contributed by atoms with van der Waals surface area (Å²) >= 11 is 0. The van der Waals surface area contributed by atoms with Gasteiger partial charge in [0.15, 0.2) is 0 Å². The van der Waals surface area contributed by atoms with Crippen LogP contribution < -0.4 is 5.32 Å². The molecule has 0 radical (unpaired) electrons.